The predicted molar refractivity (Wildman–Crippen MR) is 48.3 cm³/mol. The summed E-state index contributed by atoms with van der Waals surface area (Å²) in [7, 11) is 0. The molecule has 0 aromatic carbocycles. The molecule has 0 atom stereocenters. The molecule has 3 heteroatoms. The van der Waals surface area contributed by atoms with Gasteiger partial charge in [0.25, 0.3) is 0 Å². The monoisotopic (exact) mass is 169 g/mol. The summed E-state index contributed by atoms with van der Waals surface area (Å²) in [5, 5.41) is 0. The summed E-state index contributed by atoms with van der Waals surface area (Å²) in [4.78, 5) is 15.7. The maximum Gasteiger partial charge on any atom is 0.352 e. The second-order valence-corrected chi connectivity index (χ2v) is 2.32. The summed E-state index contributed by atoms with van der Waals surface area (Å²) < 4.78 is 0. The van der Waals surface area contributed by atoms with Gasteiger partial charge in [-0.25, -0.2) is 4.79 Å². The molecule has 0 unspecified atom stereocenters. The van der Waals surface area contributed by atoms with Gasteiger partial charge in [0, 0.05) is 12.1 Å². The third-order valence-electron chi connectivity index (χ3n) is 1.22. The molecule has 0 rings (SSSR count). The van der Waals surface area contributed by atoms with Gasteiger partial charge < -0.3 is 4.84 Å². The highest BCUT2D eigenvalue weighted by atomic mass is 16.7. The third-order valence-corrected chi connectivity index (χ3v) is 1.22. The van der Waals surface area contributed by atoms with E-state index in [9.17, 15) is 4.79 Å². The number of carbonyl (C=O) groups is 1. The molecule has 1 N–H and O–H groups in total. The van der Waals surface area contributed by atoms with Crippen LogP contribution in [0.5, 0.6) is 0 Å². The summed E-state index contributed by atoms with van der Waals surface area (Å²) in [5.74, 6) is -0.335. The van der Waals surface area contributed by atoms with Gasteiger partial charge in [0.05, 0.1) is 0 Å². The van der Waals surface area contributed by atoms with Crippen molar-refractivity contribution in [3.8, 4) is 0 Å². The van der Waals surface area contributed by atoms with E-state index in [4.69, 9.17) is 0 Å². The van der Waals surface area contributed by atoms with Crippen molar-refractivity contribution in [2.75, 3.05) is 6.54 Å². The van der Waals surface area contributed by atoms with Crippen molar-refractivity contribution in [2.24, 2.45) is 0 Å². The zero-order valence-electron chi connectivity index (χ0n) is 7.59. The Balaban J connectivity index is 3.71. The van der Waals surface area contributed by atoms with Crippen molar-refractivity contribution in [3.05, 3.63) is 24.3 Å². The molecule has 0 spiro atoms. The Morgan fingerprint density at radius 1 is 1.67 bits per heavy atom. The van der Waals surface area contributed by atoms with Crippen LogP contribution in [0.25, 0.3) is 0 Å². The molecule has 12 heavy (non-hydrogen) atoms. The van der Waals surface area contributed by atoms with Gasteiger partial charge in [-0.2, -0.15) is 0 Å². The van der Waals surface area contributed by atoms with Crippen LogP contribution >= 0.6 is 0 Å². The van der Waals surface area contributed by atoms with E-state index in [-0.39, 0.29) is 5.97 Å². The van der Waals surface area contributed by atoms with E-state index < -0.39 is 0 Å². The lowest BCUT2D eigenvalue weighted by Crippen LogP contribution is -2.20. The molecule has 0 heterocycles. The second kappa shape index (κ2) is 6.61. The SMILES string of the molecule is C=CCNOC(=O)C(C)=CCC. The van der Waals surface area contributed by atoms with Crippen LogP contribution in [0.4, 0.5) is 0 Å². The lowest BCUT2D eigenvalue weighted by Gasteiger charge is -2.02. The smallest absolute Gasteiger partial charge is 0.352 e. The van der Waals surface area contributed by atoms with Crippen LogP contribution in [0, 0.1) is 0 Å². The van der Waals surface area contributed by atoms with Crippen LogP contribution in [0.15, 0.2) is 24.3 Å². The quantitative estimate of drug-likeness (QED) is 0.294. The average Bonchev–Trinajstić information content (AvgIpc) is 2.05. The number of nitrogens with one attached hydrogen (secondary N) is 1. The van der Waals surface area contributed by atoms with Crippen LogP contribution < -0.4 is 5.48 Å². The zero-order chi connectivity index (χ0) is 9.40. The standard InChI is InChI=1S/C9H15NO2/c1-4-6-8(3)9(11)12-10-7-5-2/h5-6,10H,2,4,7H2,1,3H3. The average molecular weight is 169 g/mol. The summed E-state index contributed by atoms with van der Waals surface area (Å²) >= 11 is 0. The number of allylic oxidation sites excluding steroid dienone is 1. The van der Waals surface area contributed by atoms with Gasteiger partial charge in [-0.1, -0.05) is 19.1 Å². The first-order valence-electron chi connectivity index (χ1n) is 3.94. The molecule has 68 valence electrons. The molecule has 3 nitrogen and oxygen atoms in total. The topological polar surface area (TPSA) is 38.3 Å². The van der Waals surface area contributed by atoms with E-state index in [0.717, 1.165) is 6.42 Å². The number of carbonyl (C=O) groups excluding carboxylic acids is 1. The maximum absolute atomic E-state index is 11.0. The Kier molecular flexibility index (Phi) is 6.01. The number of hydroxylamine groups is 1. The molecule has 0 saturated carbocycles. The van der Waals surface area contributed by atoms with Crippen LogP contribution in [0.3, 0.4) is 0 Å². The maximum atomic E-state index is 11.0. The molecule has 0 aliphatic carbocycles. The highest BCUT2D eigenvalue weighted by Crippen LogP contribution is 1.96. The van der Waals surface area contributed by atoms with Gasteiger partial charge in [0.1, 0.15) is 0 Å². The first-order valence-corrected chi connectivity index (χ1v) is 3.94. The Morgan fingerprint density at radius 2 is 2.33 bits per heavy atom. The van der Waals surface area contributed by atoms with Crippen molar-refractivity contribution in [3.63, 3.8) is 0 Å². The molecule has 0 bridgehead atoms. The van der Waals surface area contributed by atoms with Gasteiger partial charge in [-0.3, -0.25) is 0 Å². The first-order chi connectivity index (χ1) is 5.72. The Bertz CT molecular complexity index is 185. The Labute approximate surface area is 73.1 Å². The van der Waals surface area contributed by atoms with E-state index in [2.05, 4.69) is 16.9 Å². The molecule has 0 fully saturated rings. The van der Waals surface area contributed by atoms with E-state index >= 15 is 0 Å². The summed E-state index contributed by atoms with van der Waals surface area (Å²) in [5.41, 5.74) is 3.09. The summed E-state index contributed by atoms with van der Waals surface area (Å²) in [6.07, 6.45) is 4.27. The van der Waals surface area contributed by atoms with Gasteiger partial charge in [-0.05, 0) is 13.3 Å². The molecule has 0 saturated heterocycles. The number of rotatable bonds is 5. The van der Waals surface area contributed by atoms with Crippen molar-refractivity contribution < 1.29 is 9.63 Å². The number of hydrogen-bond acceptors (Lipinski definition) is 3. The van der Waals surface area contributed by atoms with Crippen LogP contribution in [0.1, 0.15) is 20.3 Å². The Morgan fingerprint density at radius 3 is 2.83 bits per heavy atom. The normalized spacial score (nSPS) is 11.0. The lowest BCUT2D eigenvalue weighted by molar-refractivity contribution is -0.145. The fourth-order valence-electron chi connectivity index (χ4n) is 0.636. The predicted octanol–water partition coefficient (Wildman–Crippen LogP) is 1.58. The minimum atomic E-state index is -0.335. The molecule has 0 aromatic heterocycles. The fraction of sp³-hybridized carbons (Fsp3) is 0.444. The molecule has 0 aliphatic heterocycles. The largest absolute Gasteiger partial charge is 0.367 e. The fourth-order valence-corrected chi connectivity index (χ4v) is 0.636. The van der Waals surface area contributed by atoms with Crippen LogP contribution in [0.2, 0.25) is 0 Å². The summed E-state index contributed by atoms with van der Waals surface area (Å²) in [6, 6.07) is 0. The Hall–Kier alpha value is -1.09. The van der Waals surface area contributed by atoms with Gasteiger partial charge in [0.15, 0.2) is 0 Å². The molecule has 0 radical (unpaired) electrons. The van der Waals surface area contributed by atoms with E-state index in [0.29, 0.717) is 12.1 Å². The van der Waals surface area contributed by atoms with Gasteiger partial charge in [-0.15, -0.1) is 12.1 Å². The highest BCUT2D eigenvalue weighted by Gasteiger charge is 2.03. The molecule has 0 aromatic rings. The van der Waals surface area contributed by atoms with E-state index in [1.54, 1.807) is 13.0 Å². The van der Waals surface area contributed by atoms with Crippen molar-refractivity contribution in [1.29, 1.82) is 0 Å². The van der Waals surface area contributed by atoms with E-state index in [1.807, 2.05) is 13.0 Å². The second-order valence-electron chi connectivity index (χ2n) is 2.32. The minimum absolute atomic E-state index is 0.335. The van der Waals surface area contributed by atoms with E-state index in [1.165, 1.54) is 0 Å². The summed E-state index contributed by atoms with van der Waals surface area (Å²) in [6.45, 7) is 7.62. The first kappa shape index (κ1) is 10.9. The molecular weight excluding hydrogens is 154 g/mol. The zero-order valence-corrected chi connectivity index (χ0v) is 7.59. The van der Waals surface area contributed by atoms with Crippen molar-refractivity contribution >= 4 is 5.97 Å². The van der Waals surface area contributed by atoms with Crippen LogP contribution in [-0.2, 0) is 9.63 Å². The van der Waals surface area contributed by atoms with Crippen molar-refractivity contribution in [1.82, 2.24) is 5.48 Å². The van der Waals surface area contributed by atoms with Crippen molar-refractivity contribution in [2.45, 2.75) is 20.3 Å². The van der Waals surface area contributed by atoms with Gasteiger partial charge in [0.2, 0.25) is 0 Å². The lowest BCUT2D eigenvalue weighted by atomic mass is 10.2. The molecular formula is C9H15NO2. The minimum Gasteiger partial charge on any atom is -0.367 e. The molecule has 0 amide bonds. The highest BCUT2D eigenvalue weighted by molar-refractivity contribution is 5.87. The number of hydrogen-bond donors (Lipinski definition) is 1. The molecule has 0 aliphatic rings. The third kappa shape index (κ3) is 4.68. The van der Waals surface area contributed by atoms with Crippen LogP contribution in [-0.4, -0.2) is 12.5 Å². The van der Waals surface area contributed by atoms with Gasteiger partial charge >= 0.3 is 5.97 Å².